The molecule has 3 aromatic rings. The van der Waals surface area contributed by atoms with Crippen molar-refractivity contribution in [2.75, 3.05) is 0 Å². The number of imidazole rings is 1. The van der Waals surface area contributed by atoms with Crippen molar-refractivity contribution >= 4 is 27.0 Å². The van der Waals surface area contributed by atoms with Gasteiger partial charge < -0.3 is 10.1 Å². The average Bonchev–Trinajstić information content (AvgIpc) is 2.71. The topological polar surface area (TPSA) is 48.9 Å². The van der Waals surface area contributed by atoms with Gasteiger partial charge in [-0.15, -0.1) is 0 Å². The minimum atomic E-state index is -0.354. The molecule has 3 rings (SSSR count). The lowest BCUT2D eigenvalue weighted by atomic mass is 10.2. The minimum absolute atomic E-state index is 0.144. The van der Waals surface area contributed by atoms with Gasteiger partial charge in [-0.25, -0.2) is 9.37 Å². The Hall–Kier alpha value is -1.88. The van der Waals surface area contributed by atoms with Gasteiger partial charge in [0.2, 0.25) is 0 Å². The Kier molecular flexibility index (Phi) is 2.56. The van der Waals surface area contributed by atoms with Crippen LogP contribution in [0.15, 0.2) is 40.9 Å². The SMILES string of the molecule is Oc1ccc2nc(-c3c(F)cccc3Br)[nH]c2c1. The fraction of sp³-hybridized carbons (Fsp3) is 0. The average molecular weight is 307 g/mol. The third kappa shape index (κ3) is 1.76. The molecule has 0 spiro atoms. The maximum Gasteiger partial charge on any atom is 0.142 e. The molecule has 0 saturated heterocycles. The van der Waals surface area contributed by atoms with E-state index in [1.165, 1.54) is 6.07 Å². The highest BCUT2D eigenvalue weighted by molar-refractivity contribution is 9.10. The molecule has 0 aliphatic rings. The van der Waals surface area contributed by atoms with E-state index in [2.05, 4.69) is 25.9 Å². The molecule has 0 amide bonds. The number of halogens is 2. The van der Waals surface area contributed by atoms with Crippen LogP contribution in [0.25, 0.3) is 22.4 Å². The summed E-state index contributed by atoms with van der Waals surface area (Å²) in [4.78, 5) is 7.30. The van der Waals surface area contributed by atoms with Gasteiger partial charge in [-0.2, -0.15) is 0 Å². The molecule has 2 aromatic carbocycles. The lowest BCUT2D eigenvalue weighted by Gasteiger charge is -2.01. The molecule has 0 atom stereocenters. The Balaban J connectivity index is 2.26. The number of phenols is 1. The van der Waals surface area contributed by atoms with Crippen molar-refractivity contribution in [1.82, 2.24) is 9.97 Å². The second-order valence-corrected chi connectivity index (χ2v) is 4.74. The number of rotatable bonds is 1. The zero-order valence-electron chi connectivity index (χ0n) is 9.11. The van der Waals surface area contributed by atoms with Crippen LogP contribution >= 0.6 is 15.9 Å². The van der Waals surface area contributed by atoms with Crippen LogP contribution in [0.1, 0.15) is 0 Å². The van der Waals surface area contributed by atoms with Crippen molar-refractivity contribution < 1.29 is 9.50 Å². The summed E-state index contributed by atoms with van der Waals surface area (Å²) in [6.45, 7) is 0. The molecule has 1 heterocycles. The molecular weight excluding hydrogens is 299 g/mol. The number of nitrogens with one attached hydrogen (secondary N) is 1. The van der Waals surface area contributed by atoms with E-state index in [0.717, 1.165) is 0 Å². The molecule has 0 bridgehead atoms. The number of aromatic nitrogens is 2. The summed E-state index contributed by atoms with van der Waals surface area (Å²) in [6.07, 6.45) is 0. The molecular formula is C13H8BrFN2O. The van der Waals surface area contributed by atoms with Crippen molar-refractivity contribution in [3.8, 4) is 17.1 Å². The summed E-state index contributed by atoms with van der Waals surface area (Å²) in [6, 6.07) is 9.54. The predicted molar refractivity (Wildman–Crippen MR) is 70.9 cm³/mol. The van der Waals surface area contributed by atoms with Crippen LogP contribution in [0.2, 0.25) is 0 Å². The molecule has 0 saturated carbocycles. The first-order valence-corrected chi connectivity index (χ1v) is 6.07. The third-order valence-corrected chi connectivity index (χ3v) is 3.33. The monoisotopic (exact) mass is 306 g/mol. The van der Waals surface area contributed by atoms with Gasteiger partial charge in [0.05, 0.1) is 16.6 Å². The standard InChI is InChI=1S/C13H8BrFN2O/c14-8-2-1-3-9(15)12(8)13-16-10-5-4-7(18)6-11(10)17-13/h1-6,18H,(H,16,17). The first kappa shape index (κ1) is 11.2. The molecule has 2 N–H and O–H groups in total. The normalized spacial score (nSPS) is 11.0. The second kappa shape index (κ2) is 4.10. The van der Waals surface area contributed by atoms with Gasteiger partial charge in [0.1, 0.15) is 17.4 Å². The number of hydrogen-bond donors (Lipinski definition) is 2. The summed E-state index contributed by atoms with van der Waals surface area (Å²) in [7, 11) is 0. The van der Waals surface area contributed by atoms with E-state index < -0.39 is 0 Å². The summed E-state index contributed by atoms with van der Waals surface area (Å²) < 4.78 is 14.4. The highest BCUT2D eigenvalue weighted by atomic mass is 79.9. The van der Waals surface area contributed by atoms with Crippen LogP contribution in [-0.4, -0.2) is 15.1 Å². The summed E-state index contributed by atoms with van der Waals surface area (Å²) in [5.74, 6) is 0.221. The Morgan fingerprint density at radius 3 is 2.83 bits per heavy atom. The molecule has 0 aliphatic carbocycles. The number of aromatic hydroxyl groups is 1. The predicted octanol–water partition coefficient (Wildman–Crippen LogP) is 3.84. The highest BCUT2D eigenvalue weighted by Crippen LogP contribution is 2.30. The summed E-state index contributed by atoms with van der Waals surface area (Å²) in [5.41, 5.74) is 1.73. The number of aromatic amines is 1. The van der Waals surface area contributed by atoms with E-state index in [0.29, 0.717) is 26.9 Å². The van der Waals surface area contributed by atoms with E-state index in [1.54, 1.807) is 30.3 Å². The molecule has 0 fully saturated rings. The zero-order valence-corrected chi connectivity index (χ0v) is 10.7. The van der Waals surface area contributed by atoms with E-state index >= 15 is 0 Å². The van der Waals surface area contributed by atoms with Gasteiger partial charge in [-0.1, -0.05) is 6.07 Å². The smallest absolute Gasteiger partial charge is 0.142 e. The second-order valence-electron chi connectivity index (χ2n) is 3.88. The van der Waals surface area contributed by atoms with E-state index in [1.807, 2.05) is 0 Å². The summed E-state index contributed by atoms with van der Waals surface area (Å²) in [5, 5.41) is 9.39. The van der Waals surface area contributed by atoms with E-state index in [9.17, 15) is 9.50 Å². The molecule has 3 nitrogen and oxygen atoms in total. The number of fused-ring (bicyclic) bond motifs is 1. The van der Waals surface area contributed by atoms with Gasteiger partial charge in [0.15, 0.2) is 0 Å². The largest absolute Gasteiger partial charge is 0.508 e. The first-order chi connectivity index (χ1) is 8.65. The Labute approximate surface area is 110 Å². The van der Waals surface area contributed by atoms with E-state index in [4.69, 9.17) is 0 Å². The minimum Gasteiger partial charge on any atom is -0.508 e. The van der Waals surface area contributed by atoms with Crippen LogP contribution < -0.4 is 0 Å². The number of nitrogens with zero attached hydrogens (tertiary/aromatic N) is 1. The van der Waals surface area contributed by atoms with Crippen LogP contribution in [0.4, 0.5) is 4.39 Å². The molecule has 0 radical (unpaired) electrons. The Morgan fingerprint density at radius 1 is 1.22 bits per heavy atom. The fourth-order valence-corrected chi connectivity index (χ4v) is 2.37. The maximum absolute atomic E-state index is 13.8. The lowest BCUT2D eigenvalue weighted by Crippen LogP contribution is -1.87. The highest BCUT2D eigenvalue weighted by Gasteiger charge is 2.13. The maximum atomic E-state index is 13.8. The van der Waals surface area contributed by atoms with Crippen LogP contribution in [-0.2, 0) is 0 Å². The van der Waals surface area contributed by atoms with Crippen LogP contribution in [0, 0.1) is 5.82 Å². The van der Waals surface area contributed by atoms with Gasteiger partial charge in [-0.3, -0.25) is 0 Å². The molecule has 18 heavy (non-hydrogen) atoms. The number of H-pyrrole nitrogens is 1. The fourth-order valence-electron chi connectivity index (χ4n) is 1.84. The zero-order chi connectivity index (χ0) is 12.7. The molecule has 90 valence electrons. The quantitative estimate of drug-likeness (QED) is 0.717. The van der Waals surface area contributed by atoms with Gasteiger partial charge in [-0.05, 0) is 40.2 Å². The third-order valence-electron chi connectivity index (χ3n) is 2.67. The Bertz CT molecular complexity index is 719. The van der Waals surface area contributed by atoms with Crippen molar-refractivity contribution in [1.29, 1.82) is 0 Å². The number of hydrogen-bond acceptors (Lipinski definition) is 2. The molecule has 1 aromatic heterocycles. The molecule has 0 aliphatic heterocycles. The van der Waals surface area contributed by atoms with Crippen molar-refractivity contribution in [2.45, 2.75) is 0 Å². The van der Waals surface area contributed by atoms with Crippen molar-refractivity contribution in [3.05, 3.63) is 46.7 Å². The van der Waals surface area contributed by atoms with Gasteiger partial charge in [0, 0.05) is 10.5 Å². The van der Waals surface area contributed by atoms with Crippen molar-refractivity contribution in [3.63, 3.8) is 0 Å². The van der Waals surface area contributed by atoms with E-state index in [-0.39, 0.29) is 11.6 Å². The van der Waals surface area contributed by atoms with Crippen molar-refractivity contribution in [2.24, 2.45) is 0 Å². The molecule has 5 heteroatoms. The van der Waals surface area contributed by atoms with Gasteiger partial charge in [0.25, 0.3) is 0 Å². The lowest BCUT2D eigenvalue weighted by molar-refractivity contribution is 0.476. The number of benzene rings is 2. The van der Waals surface area contributed by atoms with Gasteiger partial charge >= 0.3 is 0 Å². The Morgan fingerprint density at radius 2 is 2.06 bits per heavy atom. The first-order valence-electron chi connectivity index (χ1n) is 5.28. The number of phenolic OH excluding ortho intramolecular Hbond substituents is 1. The molecule has 0 unspecified atom stereocenters. The summed E-state index contributed by atoms with van der Waals surface area (Å²) >= 11 is 3.31. The van der Waals surface area contributed by atoms with Crippen LogP contribution in [0.5, 0.6) is 5.75 Å². The van der Waals surface area contributed by atoms with Crippen LogP contribution in [0.3, 0.4) is 0 Å².